The molecule has 2 aliphatic rings. The van der Waals surface area contributed by atoms with Gasteiger partial charge in [0.2, 0.25) is 6.79 Å². The van der Waals surface area contributed by atoms with Gasteiger partial charge in [0.15, 0.2) is 28.9 Å². The average molecular weight is 378 g/mol. The van der Waals surface area contributed by atoms with E-state index in [4.69, 9.17) is 9.47 Å². The van der Waals surface area contributed by atoms with E-state index in [1.165, 1.54) is 5.56 Å². The Hall–Kier alpha value is -3.29. The van der Waals surface area contributed by atoms with Crippen LogP contribution in [0.5, 0.6) is 11.5 Å². The standard InChI is InChI=1S/C20H22N6O2/c1-21-19(22-11-18-25-24-17-4-2-3-9-26(17)18)23-12-20(7-8-20)14-5-6-15-16(10-14)28-13-27-15/h2-6,9-10H,7-8,11-13H2,1H3,(H2,21,22,23). The van der Waals surface area contributed by atoms with Crippen molar-refractivity contribution in [2.24, 2.45) is 4.99 Å². The van der Waals surface area contributed by atoms with Crippen molar-refractivity contribution in [1.29, 1.82) is 0 Å². The number of ether oxygens (including phenoxy) is 2. The smallest absolute Gasteiger partial charge is 0.231 e. The predicted octanol–water partition coefficient (Wildman–Crippen LogP) is 1.85. The van der Waals surface area contributed by atoms with Crippen molar-refractivity contribution < 1.29 is 9.47 Å². The van der Waals surface area contributed by atoms with Crippen LogP contribution in [0.25, 0.3) is 5.65 Å². The van der Waals surface area contributed by atoms with Crippen molar-refractivity contribution in [1.82, 2.24) is 25.2 Å². The highest BCUT2D eigenvalue weighted by Gasteiger charge is 2.44. The second-order valence-corrected chi connectivity index (χ2v) is 7.17. The molecule has 1 fully saturated rings. The molecule has 1 aliphatic heterocycles. The summed E-state index contributed by atoms with van der Waals surface area (Å²) in [5.41, 5.74) is 2.24. The Morgan fingerprint density at radius 1 is 1.14 bits per heavy atom. The van der Waals surface area contributed by atoms with Gasteiger partial charge in [-0.1, -0.05) is 12.1 Å². The molecular weight excluding hydrogens is 356 g/mol. The molecule has 28 heavy (non-hydrogen) atoms. The Balaban J connectivity index is 1.23. The van der Waals surface area contributed by atoms with E-state index < -0.39 is 0 Å². The predicted molar refractivity (Wildman–Crippen MR) is 105 cm³/mol. The van der Waals surface area contributed by atoms with E-state index in [9.17, 15) is 0 Å². The molecule has 0 unspecified atom stereocenters. The Kier molecular flexibility index (Phi) is 4.03. The third-order valence-electron chi connectivity index (χ3n) is 5.45. The lowest BCUT2D eigenvalue weighted by Gasteiger charge is -2.19. The van der Waals surface area contributed by atoms with Gasteiger partial charge in [0, 0.05) is 25.2 Å². The number of guanidine groups is 1. The van der Waals surface area contributed by atoms with Crippen molar-refractivity contribution in [3.63, 3.8) is 0 Å². The summed E-state index contributed by atoms with van der Waals surface area (Å²) in [5, 5.41) is 15.2. The summed E-state index contributed by atoms with van der Waals surface area (Å²) in [4.78, 5) is 4.34. The molecule has 1 aromatic carbocycles. The van der Waals surface area contributed by atoms with Crippen LogP contribution in [-0.4, -0.2) is 40.9 Å². The van der Waals surface area contributed by atoms with Gasteiger partial charge >= 0.3 is 0 Å². The summed E-state index contributed by atoms with van der Waals surface area (Å²) >= 11 is 0. The summed E-state index contributed by atoms with van der Waals surface area (Å²) in [7, 11) is 1.78. The zero-order chi connectivity index (χ0) is 19.0. The van der Waals surface area contributed by atoms with E-state index in [0.29, 0.717) is 13.3 Å². The molecule has 1 saturated carbocycles. The quantitative estimate of drug-likeness (QED) is 0.521. The van der Waals surface area contributed by atoms with E-state index in [1.54, 1.807) is 7.05 Å². The van der Waals surface area contributed by atoms with Crippen LogP contribution in [0.2, 0.25) is 0 Å². The molecule has 144 valence electrons. The molecular formula is C20H22N6O2. The van der Waals surface area contributed by atoms with Crippen LogP contribution in [0.4, 0.5) is 0 Å². The first-order chi connectivity index (χ1) is 13.8. The van der Waals surface area contributed by atoms with Gasteiger partial charge in [0.25, 0.3) is 0 Å². The number of benzene rings is 1. The van der Waals surface area contributed by atoms with E-state index in [2.05, 4.69) is 38.0 Å². The van der Waals surface area contributed by atoms with Gasteiger partial charge in [-0.2, -0.15) is 0 Å². The largest absolute Gasteiger partial charge is 0.454 e. The minimum absolute atomic E-state index is 0.125. The van der Waals surface area contributed by atoms with Gasteiger partial charge in [-0.05, 0) is 42.7 Å². The van der Waals surface area contributed by atoms with Crippen molar-refractivity contribution in [3.05, 3.63) is 54.0 Å². The molecule has 3 aromatic rings. The Morgan fingerprint density at radius 3 is 2.89 bits per heavy atom. The summed E-state index contributed by atoms with van der Waals surface area (Å²) < 4.78 is 12.9. The number of aromatic nitrogens is 3. The Morgan fingerprint density at radius 2 is 2.04 bits per heavy atom. The lowest BCUT2D eigenvalue weighted by molar-refractivity contribution is 0.174. The van der Waals surface area contributed by atoms with Crippen LogP contribution in [0.1, 0.15) is 24.2 Å². The maximum absolute atomic E-state index is 5.53. The molecule has 0 saturated heterocycles. The van der Waals surface area contributed by atoms with Gasteiger partial charge in [0.1, 0.15) is 0 Å². The van der Waals surface area contributed by atoms with Gasteiger partial charge in [-0.3, -0.25) is 9.39 Å². The topological polar surface area (TPSA) is 85.1 Å². The number of aliphatic imine (C=N–C) groups is 1. The molecule has 8 nitrogen and oxygen atoms in total. The molecule has 5 rings (SSSR count). The first-order valence-electron chi connectivity index (χ1n) is 9.41. The van der Waals surface area contributed by atoms with Crippen molar-refractivity contribution >= 4 is 11.6 Å². The number of rotatable bonds is 5. The van der Waals surface area contributed by atoms with Crippen molar-refractivity contribution in [2.75, 3.05) is 20.4 Å². The van der Waals surface area contributed by atoms with Crippen LogP contribution in [0.15, 0.2) is 47.6 Å². The maximum atomic E-state index is 5.53. The number of nitrogens with zero attached hydrogens (tertiary/aromatic N) is 4. The molecule has 2 N–H and O–H groups in total. The lowest BCUT2D eigenvalue weighted by Crippen LogP contribution is -2.41. The third-order valence-corrected chi connectivity index (χ3v) is 5.45. The normalized spacial score (nSPS) is 17.0. The highest BCUT2D eigenvalue weighted by Crippen LogP contribution is 2.49. The average Bonchev–Trinajstić information content (AvgIpc) is 3.19. The Labute approximate surface area is 162 Å². The molecule has 3 heterocycles. The molecule has 8 heteroatoms. The van der Waals surface area contributed by atoms with Gasteiger partial charge < -0.3 is 20.1 Å². The minimum atomic E-state index is 0.125. The van der Waals surface area contributed by atoms with Gasteiger partial charge in [-0.25, -0.2) is 0 Å². The molecule has 0 spiro atoms. The van der Waals surface area contributed by atoms with E-state index in [0.717, 1.165) is 48.3 Å². The first-order valence-corrected chi connectivity index (χ1v) is 9.41. The highest BCUT2D eigenvalue weighted by molar-refractivity contribution is 5.79. The maximum Gasteiger partial charge on any atom is 0.231 e. The van der Waals surface area contributed by atoms with Crippen LogP contribution < -0.4 is 20.1 Å². The molecule has 2 aromatic heterocycles. The van der Waals surface area contributed by atoms with Crippen molar-refractivity contribution in [3.8, 4) is 11.5 Å². The second kappa shape index (κ2) is 6.70. The zero-order valence-electron chi connectivity index (χ0n) is 15.7. The Bertz CT molecular complexity index is 1040. The summed E-state index contributed by atoms with van der Waals surface area (Å²) in [5.74, 6) is 3.26. The fourth-order valence-corrected chi connectivity index (χ4v) is 3.59. The third kappa shape index (κ3) is 3.00. The molecule has 0 radical (unpaired) electrons. The number of pyridine rings is 1. The molecule has 1 aliphatic carbocycles. The van der Waals surface area contributed by atoms with E-state index in [1.807, 2.05) is 34.9 Å². The molecule has 0 amide bonds. The van der Waals surface area contributed by atoms with Crippen LogP contribution in [-0.2, 0) is 12.0 Å². The SMILES string of the molecule is CN=C(NCc1nnc2ccccn12)NCC1(c2ccc3c(c2)OCO3)CC1. The number of hydrogen-bond donors (Lipinski definition) is 2. The van der Waals surface area contributed by atoms with Crippen molar-refractivity contribution in [2.45, 2.75) is 24.8 Å². The number of fused-ring (bicyclic) bond motifs is 2. The fourth-order valence-electron chi connectivity index (χ4n) is 3.59. The van der Waals surface area contributed by atoms with Crippen LogP contribution >= 0.6 is 0 Å². The first kappa shape index (κ1) is 16.9. The van der Waals surface area contributed by atoms with Crippen LogP contribution in [0.3, 0.4) is 0 Å². The van der Waals surface area contributed by atoms with Crippen LogP contribution in [0, 0.1) is 0 Å². The van der Waals surface area contributed by atoms with E-state index in [-0.39, 0.29) is 5.41 Å². The molecule has 0 atom stereocenters. The van der Waals surface area contributed by atoms with Gasteiger partial charge in [0.05, 0.1) is 6.54 Å². The summed E-state index contributed by atoms with van der Waals surface area (Å²) in [6.45, 7) is 1.66. The summed E-state index contributed by atoms with van der Waals surface area (Å²) in [6, 6.07) is 12.1. The minimum Gasteiger partial charge on any atom is -0.454 e. The fraction of sp³-hybridized carbons (Fsp3) is 0.350. The van der Waals surface area contributed by atoms with E-state index >= 15 is 0 Å². The number of hydrogen-bond acceptors (Lipinski definition) is 5. The monoisotopic (exact) mass is 378 g/mol. The zero-order valence-corrected chi connectivity index (χ0v) is 15.7. The van der Waals surface area contributed by atoms with Gasteiger partial charge in [-0.15, -0.1) is 10.2 Å². The summed E-state index contributed by atoms with van der Waals surface area (Å²) in [6.07, 6.45) is 4.25. The lowest BCUT2D eigenvalue weighted by atomic mass is 9.95. The second-order valence-electron chi connectivity index (χ2n) is 7.17. The highest BCUT2D eigenvalue weighted by atomic mass is 16.7. The number of nitrogens with one attached hydrogen (secondary N) is 2. The molecule has 0 bridgehead atoms.